The Morgan fingerprint density at radius 2 is 1.79 bits per heavy atom. The molecule has 0 aliphatic heterocycles. The maximum Gasteiger partial charge on any atom is 0.459 e. The normalized spacial score (nSPS) is 11.6. The fourth-order valence-electron chi connectivity index (χ4n) is 0.486. The van der Waals surface area contributed by atoms with Gasteiger partial charge in [0, 0.05) is 6.54 Å². The van der Waals surface area contributed by atoms with Crippen molar-refractivity contribution in [2.45, 2.75) is 13.8 Å². The van der Waals surface area contributed by atoms with Crippen molar-refractivity contribution in [3.8, 4) is 0 Å². The third-order valence-corrected chi connectivity index (χ3v) is 2.14. The fourth-order valence-corrected chi connectivity index (χ4v) is 1.46. The molecule has 0 unspecified atom stereocenters. The van der Waals surface area contributed by atoms with Crippen LogP contribution in [0.1, 0.15) is 13.8 Å². The Kier molecular flexibility index (Phi) is 7.98. The molecule has 0 aromatic rings. The molecule has 0 saturated heterocycles. The Bertz CT molecular complexity index is 187. The highest BCUT2D eigenvalue weighted by Crippen LogP contribution is 2.43. The highest BCUT2D eigenvalue weighted by Gasteiger charge is 2.26. The maximum atomic E-state index is 11.6. The van der Waals surface area contributed by atoms with Crippen LogP contribution >= 0.6 is 7.75 Å². The lowest BCUT2D eigenvalue weighted by atomic mass is 10.7. The van der Waals surface area contributed by atoms with E-state index < -0.39 is 7.75 Å². The van der Waals surface area contributed by atoms with Gasteiger partial charge in [-0.2, -0.15) is 0 Å². The van der Waals surface area contributed by atoms with E-state index >= 15 is 0 Å². The van der Waals surface area contributed by atoms with Crippen molar-refractivity contribution in [2.75, 3.05) is 19.8 Å². The molecule has 0 fully saturated rings. The van der Waals surface area contributed by atoms with Gasteiger partial charge in [0.1, 0.15) is 0 Å². The van der Waals surface area contributed by atoms with Gasteiger partial charge in [0.25, 0.3) is 0 Å². The van der Waals surface area contributed by atoms with Gasteiger partial charge in [-0.15, -0.1) is 15.9 Å². The van der Waals surface area contributed by atoms with E-state index in [0.717, 1.165) is 0 Å². The monoisotopic (exact) mass is 225 g/mol. The fraction of sp³-hybridized carbons (Fsp3) is 0.714. The third kappa shape index (κ3) is 6.26. The summed E-state index contributed by atoms with van der Waals surface area (Å²) in [6.45, 7) is 7.61. The predicted molar refractivity (Wildman–Crippen MR) is 51.2 cm³/mol. The second-order valence-corrected chi connectivity index (χ2v) is 3.72. The second kappa shape index (κ2) is 8.11. The maximum absolute atomic E-state index is 11.6. The summed E-state index contributed by atoms with van der Waals surface area (Å²) in [5, 5.41) is 2.46. The molecule has 84 valence electrons. The van der Waals surface area contributed by atoms with E-state index in [1.54, 1.807) is 13.8 Å². The predicted octanol–water partition coefficient (Wildman–Crippen LogP) is 1.81. The Hall–Kier alpha value is -0.230. The number of nitrogens with one attached hydrogen (secondary N) is 1. The van der Waals surface area contributed by atoms with Crippen LogP contribution in [0.4, 0.5) is 0 Å². The lowest BCUT2D eigenvalue weighted by Gasteiger charge is -2.14. The Morgan fingerprint density at radius 1 is 1.29 bits per heavy atom. The highest BCUT2D eigenvalue weighted by molar-refractivity contribution is 7.51. The zero-order valence-electron chi connectivity index (χ0n) is 8.39. The minimum Gasteiger partial charge on any atom is -0.236 e. The second-order valence-electron chi connectivity index (χ2n) is 2.11. The van der Waals surface area contributed by atoms with Crippen molar-refractivity contribution in [1.82, 2.24) is 5.09 Å². The van der Waals surface area contributed by atoms with Gasteiger partial charge < -0.3 is 0 Å². The Labute approximate surface area is 83.6 Å². The van der Waals surface area contributed by atoms with E-state index in [2.05, 4.69) is 30.8 Å². The molecule has 0 amide bonds. The summed E-state index contributed by atoms with van der Waals surface area (Å²) in [4.78, 5) is 9.06. The lowest BCUT2D eigenvalue weighted by Crippen LogP contribution is -2.15. The molecule has 1 N–H and O–H groups in total. The molecule has 0 spiro atoms. The van der Waals surface area contributed by atoms with Gasteiger partial charge in [-0.3, -0.25) is 0 Å². The Balaban J connectivity index is 4.03. The Morgan fingerprint density at radius 3 is 2.14 bits per heavy atom. The quantitative estimate of drug-likeness (QED) is 0.279. The molecular formula is C7H16NO5P. The van der Waals surface area contributed by atoms with Crippen LogP contribution in [0.2, 0.25) is 0 Å². The van der Waals surface area contributed by atoms with Gasteiger partial charge in [0.15, 0.2) is 0 Å². The zero-order valence-corrected chi connectivity index (χ0v) is 9.29. The number of hydrogen-bond acceptors (Lipinski definition) is 5. The average Bonchev–Trinajstić information content (AvgIpc) is 2.21. The van der Waals surface area contributed by atoms with Crippen LogP contribution in [0.15, 0.2) is 12.7 Å². The average molecular weight is 225 g/mol. The molecule has 6 nitrogen and oxygen atoms in total. The first-order chi connectivity index (χ1) is 6.68. The summed E-state index contributed by atoms with van der Waals surface area (Å²) in [5.41, 5.74) is 0. The molecule has 0 atom stereocenters. The summed E-state index contributed by atoms with van der Waals surface area (Å²) >= 11 is 0. The summed E-state index contributed by atoms with van der Waals surface area (Å²) in [7, 11) is -3.53. The summed E-state index contributed by atoms with van der Waals surface area (Å²) in [5.74, 6) is 0. The molecule has 0 aromatic heterocycles. The number of hydrogen-bond donors (Lipinski definition) is 1. The van der Waals surface area contributed by atoms with E-state index in [1.807, 2.05) is 0 Å². The van der Waals surface area contributed by atoms with Crippen molar-refractivity contribution in [2.24, 2.45) is 0 Å². The van der Waals surface area contributed by atoms with Gasteiger partial charge in [-0.1, -0.05) is 6.08 Å². The lowest BCUT2D eigenvalue weighted by molar-refractivity contribution is -0.265. The van der Waals surface area contributed by atoms with Gasteiger partial charge in [0.05, 0.1) is 13.2 Å². The van der Waals surface area contributed by atoms with E-state index in [4.69, 9.17) is 0 Å². The molecule has 0 bridgehead atoms. The van der Waals surface area contributed by atoms with E-state index in [1.165, 1.54) is 6.08 Å². The van der Waals surface area contributed by atoms with Crippen LogP contribution in [0, 0.1) is 0 Å². The SMILES string of the molecule is C=CCNP(=O)(OOCC)OOCC. The van der Waals surface area contributed by atoms with Crippen LogP contribution in [0.3, 0.4) is 0 Å². The van der Waals surface area contributed by atoms with Crippen LogP contribution < -0.4 is 5.09 Å². The zero-order chi connectivity index (χ0) is 10.9. The van der Waals surface area contributed by atoms with Crippen LogP contribution in [-0.4, -0.2) is 19.8 Å². The molecule has 0 aliphatic rings. The van der Waals surface area contributed by atoms with Crippen molar-refractivity contribution in [1.29, 1.82) is 0 Å². The molecule has 0 aromatic carbocycles. The minimum absolute atomic E-state index is 0.259. The molecule has 14 heavy (non-hydrogen) atoms. The van der Waals surface area contributed by atoms with Gasteiger partial charge >= 0.3 is 7.75 Å². The molecule has 0 heterocycles. The van der Waals surface area contributed by atoms with E-state index in [0.29, 0.717) is 0 Å². The standard InChI is InChI=1S/C7H16NO5P/c1-4-7-8-14(9,12-10-5-2)13-11-6-3/h4H,1,5-7H2,2-3H3,(H,8,9). The van der Waals surface area contributed by atoms with Crippen LogP contribution in [-0.2, 0) is 23.7 Å². The van der Waals surface area contributed by atoms with E-state index in [9.17, 15) is 4.57 Å². The molecule has 0 saturated carbocycles. The van der Waals surface area contributed by atoms with Gasteiger partial charge in [0.2, 0.25) is 0 Å². The molecule has 0 radical (unpaired) electrons. The molecule has 7 heteroatoms. The first kappa shape index (κ1) is 13.8. The van der Waals surface area contributed by atoms with Crippen LogP contribution in [0.25, 0.3) is 0 Å². The molecule has 0 rings (SSSR count). The third-order valence-electron chi connectivity index (χ3n) is 0.967. The first-order valence-electron chi connectivity index (χ1n) is 4.27. The number of rotatable bonds is 9. The van der Waals surface area contributed by atoms with Crippen molar-refractivity contribution >= 4 is 7.75 Å². The van der Waals surface area contributed by atoms with Gasteiger partial charge in [-0.25, -0.2) is 19.4 Å². The minimum atomic E-state index is -3.53. The van der Waals surface area contributed by atoms with E-state index in [-0.39, 0.29) is 19.8 Å². The molecular weight excluding hydrogens is 209 g/mol. The smallest absolute Gasteiger partial charge is 0.236 e. The summed E-state index contributed by atoms with van der Waals surface area (Å²) < 4.78 is 20.7. The first-order valence-corrected chi connectivity index (χ1v) is 5.81. The largest absolute Gasteiger partial charge is 0.459 e. The molecule has 0 aliphatic carbocycles. The van der Waals surface area contributed by atoms with Crippen molar-refractivity contribution < 1.29 is 23.7 Å². The van der Waals surface area contributed by atoms with Crippen molar-refractivity contribution in [3.05, 3.63) is 12.7 Å². The summed E-state index contributed by atoms with van der Waals surface area (Å²) in [6, 6.07) is 0. The van der Waals surface area contributed by atoms with Crippen LogP contribution in [0.5, 0.6) is 0 Å². The van der Waals surface area contributed by atoms with Gasteiger partial charge in [-0.05, 0) is 13.8 Å². The highest BCUT2D eigenvalue weighted by atomic mass is 31.2. The summed E-state index contributed by atoms with van der Waals surface area (Å²) in [6.07, 6.45) is 1.51. The van der Waals surface area contributed by atoms with Crippen molar-refractivity contribution in [3.63, 3.8) is 0 Å². The topological polar surface area (TPSA) is 66.0 Å².